The molecule has 0 atom stereocenters. The van der Waals surface area contributed by atoms with Crippen LogP contribution in [0.25, 0.3) is 0 Å². The fourth-order valence-corrected chi connectivity index (χ4v) is 3.36. The predicted octanol–water partition coefficient (Wildman–Crippen LogP) is 0.760. The molecule has 0 aromatic carbocycles. The number of primary amides is 1. The number of piperazine rings is 1. The Labute approximate surface area is 145 Å². The molecule has 0 spiro atoms. The number of rotatable bonds is 4. The number of amides is 3. The number of hydrogen-bond acceptors (Lipinski definition) is 5. The van der Waals surface area contributed by atoms with E-state index >= 15 is 0 Å². The summed E-state index contributed by atoms with van der Waals surface area (Å²) in [4.78, 5) is 44.5. The maximum Gasteiger partial charge on any atom is 0.265 e. The Morgan fingerprint density at radius 2 is 1.67 bits per heavy atom. The third-order valence-electron chi connectivity index (χ3n) is 4.10. The molecular formula is C16H23N4O3S. The van der Waals surface area contributed by atoms with Crippen molar-refractivity contribution in [1.82, 2.24) is 14.8 Å². The molecule has 0 bridgehead atoms. The highest BCUT2D eigenvalue weighted by Crippen LogP contribution is 2.22. The van der Waals surface area contributed by atoms with Crippen LogP contribution in [0.2, 0.25) is 0 Å². The summed E-state index contributed by atoms with van der Waals surface area (Å²) in [5, 5.41) is 0.868. The molecule has 131 valence electrons. The monoisotopic (exact) mass is 351 g/mol. The van der Waals surface area contributed by atoms with E-state index in [-0.39, 0.29) is 11.8 Å². The molecule has 1 aliphatic heterocycles. The Morgan fingerprint density at radius 3 is 2.12 bits per heavy atom. The van der Waals surface area contributed by atoms with E-state index in [9.17, 15) is 14.4 Å². The lowest BCUT2D eigenvalue weighted by molar-refractivity contribution is -0.134. The minimum Gasteiger partial charge on any atom is -0.369 e. The molecule has 2 rings (SSSR count). The summed E-state index contributed by atoms with van der Waals surface area (Å²) in [5.41, 5.74) is 5.05. The standard InChI is InChI=1S/C16H23N4O3S/c1-10-13(24-11(2)18-10)14(22)20-7-5-19(6-8-20)12(21)9-16(3,4)15(17)23/h9H,5-8H2,1-4H3,(H2,17,23). The van der Waals surface area contributed by atoms with Crippen LogP contribution in [-0.2, 0) is 9.59 Å². The van der Waals surface area contributed by atoms with E-state index in [0.717, 1.165) is 10.7 Å². The SMILES string of the molecule is Cc1nc(C)c(C(=O)N2CCN(C(=O)[CH]C(C)(C)C(N)=O)CC2)s1. The van der Waals surface area contributed by atoms with Crippen LogP contribution in [-0.4, -0.2) is 58.7 Å². The van der Waals surface area contributed by atoms with Crippen molar-refractivity contribution in [2.75, 3.05) is 26.2 Å². The third-order valence-corrected chi connectivity index (χ3v) is 5.16. The van der Waals surface area contributed by atoms with Crippen molar-refractivity contribution in [3.8, 4) is 0 Å². The van der Waals surface area contributed by atoms with Gasteiger partial charge in [-0.05, 0) is 13.8 Å². The van der Waals surface area contributed by atoms with Crippen LogP contribution in [0.5, 0.6) is 0 Å². The van der Waals surface area contributed by atoms with Crippen LogP contribution < -0.4 is 5.73 Å². The van der Waals surface area contributed by atoms with Crippen LogP contribution in [0, 0.1) is 25.7 Å². The number of thiazole rings is 1. The highest BCUT2D eigenvalue weighted by Gasteiger charge is 2.33. The van der Waals surface area contributed by atoms with E-state index in [4.69, 9.17) is 5.73 Å². The number of aromatic nitrogens is 1. The third kappa shape index (κ3) is 3.92. The molecule has 1 aromatic rings. The number of nitrogens with zero attached hydrogens (tertiary/aromatic N) is 3. The molecular weight excluding hydrogens is 328 g/mol. The van der Waals surface area contributed by atoms with E-state index < -0.39 is 11.3 Å². The average molecular weight is 351 g/mol. The van der Waals surface area contributed by atoms with Crippen LogP contribution in [0.4, 0.5) is 0 Å². The Balaban J connectivity index is 1.94. The molecule has 24 heavy (non-hydrogen) atoms. The van der Waals surface area contributed by atoms with Crippen LogP contribution >= 0.6 is 11.3 Å². The van der Waals surface area contributed by atoms with Crippen LogP contribution in [0.3, 0.4) is 0 Å². The first-order valence-corrected chi connectivity index (χ1v) is 8.61. The predicted molar refractivity (Wildman–Crippen MR) is 91.3 cm³/mol. The molecule has 2 N–H and O–H groups in total. The van der Waals surface area contributed by atoms with Gasteiger partial charge < -0.3 is 15.5 Å². The number of hydrogen-bond donors (Lipinski definition) is 1. The summed E-state index contributed by atoms with van der Waals surface area (Å²) in [7, 11) is 0. The fraction of sp³-hybridized carbons (Fsp3) is 0.562. The first kappa shape index (κ1) is 18.4. The van der Waals surface area contributed by atoms with Gasteiger partial charge in [0.2, 0.25) is 11.8 Å². The second-order valence-corrected chi connectivity index (χ2v) is 7.70. The molecule has 8 heteroatoms. The van der Waals surface area contributed by atoms with Crippen molar-refractivity contribution < 1.29 is 14.4 Å². The van der Waals surface area contributed by atoms with Gasteiger partial charge in [0.1, 0.15) is 4.88 Å². The number of aryl methyl sites for hydroxylation is 2. The number of carbonyl (C=O) groups is 3. The molecule has 1 fully saturated rings. The van der Waals surface area contributed by atoms with Crippen LogP contribution in [0.15, 0.2) is 0 Å². The lowest BCUT2D eigenvalue weighted by atomic mass is 9.88. The van der Waals surface area contributed by atoms with Gasteiger partial charge in [-0.25, -0.2) is 4.98 Å². The molecule has 0 unspecified atom stereocenters. The van der Waals surface area contributed by atoms with Gasteiger partial charge in [-0.1, -0.05) is 13.8 Å². The molecule has 1 radical (unpaired) electrons. The van der Waals surface area contributed by atoms with Gasteiger partial charge in [0.25, 0.3) is 5.91 Å². The largest absolute Gasteiger partial charge is 0.369 e. The highest BCUT2D eigenvalue weighted by molar-refractivity contribution is 7.13. The van der Waals surface area contributed by atoms with E-state index in [2.05, 4.69) is 4.98 Å². The summed E-state index contributed by atoms with van der Waals surface area (Å²) < 4.78 is 0. The van der Waals surface area contributed by atoms with Gasteiger partial charge in [0.15, 0.2) is 0 Å². The summed E-state index contributed by atoms with van der Waals surface area (Å²) >= 11 is 1.39. The number of carbonyl (C=O) groups excluding carboxylic acids is 3. The quantitative estimate of drug-likeness (QED) is 0.866. The topological polar surface area (TPSA) is 96.6 Å². The zero-order valence-corrected chi connectivity index (χ0v) is 15.3. The average Bonchev–Trinajstić information content (AvgIpc) is 2.84. The van der Waals surface area contributed by atoms with Crippen molar-refractivity contribution in [3.63, 3.8) is 0 Å². The van der Waals surface area contributed by atoms with E-state index in [1.165, 1.54) is 17.8 Å². The maximum atomic E-state index is 12.6. The second kappa shape index (κ2) is 6.88. The highest BCUT2D eigenvalue weighted by atomic mass is 32.1. The second-order valence-electron chi connectivity index (χ2n) is 6.50. The smallest absolute Gasteiger partial charge is 0.265 e. The van der Waals surface area contributed by atoms with Gasteiger partial charge in [-0.2, -0.15) is 0 Å². The molecule has 2 heterocycles. The van der Waals surface area contributed by atoms with E-state index in [0.29, 0.717) is 31.1 Å². The van der Waals surface area contributed by atoms with Gasteiger partial charge >= 0.3 is 0 Å². The van der Waals surface area contributed by atoms with Crippen molar-refractivity contribution in [3.05, 3.63) is 22.0 Å². The first-order chi connectivity index (χ1) is 11.1. The van der Waals surface area contributed by atoms with Gasteiger partial charge in [0.05, 0.1) is 22.5 Å². The minimum absolute atomic E-state index is 0.0355. The maximum absolute atomic E-state index is 12.6. The fourth-order valence-electron chi connectivity index (χ4n) is 2.47. The number of nitrogens with two attached hydrogens (primary N) is 1. The van der Waals surface area contributed by atoms with Crippen molar-refractivity contribution >= 4 is 29.1 Å². The van der Waals surface area contributed by atoms with Crippen LogP contribution in [0.1, 0.15) is 34.2 Å². The van der Waals surface area contributed by atoms with Gasteiger partial charge in [-0.15, -0.1) is 11.3 Å². The molecule has 0 saturated carbocycles. The van der Waals surface area contributed by atoms with Gasteiger partial charge in [0, 0.05) is 26.2 Å². The Morgan fingerprint density at radius 1 is 1.12 bits per heavy atom. The van der Waals surface area contributed by atoms with E-state index in [1.807, 2.05) is 13.8 Å². The lowest BCUT2D eigenvalue weighted by Gasteiger charge is -2.35. The Bertz CT molecular complexity index is 660. The summed E-state index contributed by atoms with van der Waals surface area (Å²) in [6.45, 7) is 8.74. The molecule has 7 nitrogen and oxygen atoms in total. The Kier molecular flexibility index (Phi) is 5.27. The van der Waals surface area contributed by atoms with Gasteiger partial charge in [-0.3, -0.25) is 14.4 Å². The molecule has 1 aliphatic rings. The zero-order chi connectivity index (χ0) is 18.1. The normalized spacial score (nSPS) is 15.5. The molecule has 1 aromatic heterocycles. The van der Waals surface area contributed by atoms with Crippen molar-refractivity contribution in [2.24, 2.45) is 11.1 Å². The summed E-state index contributed by atoms with van der Waals surface area (Å²) in [6, 6.07) is 0. The summed E-state index contributed by atoms with van der Waals surface area (Å²) in [5.74, 6) is -0.803. The minimum atomic E-state index is -0.985. The van der Waals surface area contributed by atoms with E-state index in [1.54, 1.807) is 23.6 Å². The summed E-state index contributed by atoms with van der Waals surface area (Å²) in [6.07, 6.45) is 1.35. The Hall–Kier alpha value is -1.96. The molecule has 0 aliphatic carbocycles. The zero-order valence-electron chi connectivity index (χ0n) is 14.5. The van der Waals surface area contributed by atoms with Crippen molar-refractivity contribution in [2.45, 2.75) is 27.7 Å². The molecule has 1 saturated heterocycles. The molecule has 3 amide bonds. The van der Waals surface area contributed by atoms with Crippen molar-refractivity contribution in [1.29, 1.82) is 0 Å². The lowest BCUT2D eigenvalue weighted by Crippen LogP contribution is -2.51. The first-order valence-electron chi connectivity index (χ1n) is 7.80.